The highest BCUT2D eigenvalue weighted by Gasteiger charge is 1.97. The molecule has 2 N–H and O–H groups in total. The fourth-order valence-corrected chi connectivity index (χ4v) is 1.31. The minimum Gasteiger partial charge on any atom is -0.491 e. The maximum atomic E-state index is 5.55. The van der Waals surface area contributed by atoms with Crippen molar-refractivity contribution in [1.82, 2.24) is 0 Å². The summed E-state index contributed by atoms with van der Waals surface area (Å²) in [6, 6.07) is 8.25. The molecule has 2 nitrogen and oxygen atoms in total. The Balaban J connectivity index is 0.00000196. The Labute approximate surface area is 98.2 Å². The quantitative estimate of drug-likeness (QED) is 0.843. The molecule has 1 rings (SSSR count). The third-order valence-electron chi connectivity index (χ3n) is 1.96. The van der Waals surface area contributed by atoms with Gasteiger partial charge in [0.1, 0.15) is 5.75 Å². The molecule has 0 aromatic heterocycles. The molecular formula is C12H20ClNO. The van der Waals surface area contributed by atoms with E-state index in [4.69, 9.17) is 10.5 Å². The molecule has 0 unspecified atom stereocenters. The molecule has 3 heteroatoms. The Hall–Kier alpha value is -0.730. The van der Waals surface area contributed by atoms with Crippen LogP contribution in [0.3, 0.4) is 0 Å². The van der Waals surface area contributed by atoms with Crippen molar-refractivity contribution < 1.29 is 4.74 Å². The van der Waals surface area contributed by atoms with E-state index in [0.29, 0.717) is 0 Å². The van der Waals surface area contributed by atoms with Crippen LogP contribution in [0.4, 0.5) is 0 Å². The number of rotatable bonds is 5. The molecule has 0 spiro atoms. The zero-order valence-electron chi connectivity index (χ0n) is 9.40. The summed E-state index contributed by atoms with van der Waals surface area (Å²) in [5.41, 5.74) is 6.77. The standard InChI is InChI=1S/C12H19NO.ClH/c1-10(2)14-12-7-5-11(6-8-12)4-3-9-13;/h5-8,10H,3-4,9,13H2,1-2H3;1H. The number of halogens is 1. The first-order valence-corrected chi connectivity index (χ1v) is 5.18. The van der Waals surface area contributed by atoms with Gasteiger partial charge in [-0.15, -0.1) is 12.4 Å². The third kappa shape index (κ3) is 5.65. The number of hydrogen-bond donors (Lipinski definition) is 1. The van der Waals surface area contributed by atoms with Crippen LogP contribution in [0.1, 0.15) is 25.8 Å². The van der Waals surface area contributed by atoms with Crippen LogP contribution in [0.25, 0.3) is 0 Å². The molecule has 0 fully saturated rings. The lowest BCUT2D eigenvalue weighted by Gasteiger charge is -2.09. The molecule has 0 saturated carbocycles. The van der Waals surface area contributed by atoms with Gasteiger partial charge in [0, 0.05) is 0 Å². The van der Waals surface area contributed by atoms with E-state index in [2.05, 4.69) is 12.1 Å². The summed E-state index contributed by atoms with van der Waals surface area (Å²) in [7, 11) is 0. The monoisotopic (exact) mass is 229 g/mol. The molecular weight excluding hydrogens is 210 g/mol. The molecule has 0 saturated heterocycles. The van der Waals surface area contributed by atoms with Gasteiger partial charge in [-0.05, 0) is 50.9 Å². The van der Waals surface area contributed by atoms with Crippen LogP contribution in [0.5, 0.6) is 5.75 Å². The van der Waals surface area contributed by atoms with Crippen LogP contribution in [0.2, 0.25) is 0 Å². The number of aryl methyl sites for hydroxylation is 1. The summed E-state index contributed by atoms with van der Waals surface area (Å²) in [6.45, 7) is 4.81. The molecule has 0 atom stereocenters. The Morgan fingerprint density at radius 2 is 1.80 bits per heavy atom. The zero-order valence-corrected chi connectivity index (χ0v) is 10.2. The van der Waals surface area contributed by atoms with Gasteiger partial charge < -0.3 is 10.5 Å². The minimum absolute atomic E-state index is 0. The van der Waals surface area contributed by atoms with Crippen molar-refractivity contribution in [1.29, 1.82) is 0 Å². The highest BCUT2D eigenvalue weighted by molar-refractivity contribution is 5.85. The highest BCUT2D eigenvalue weighted by Crippen LogP contribution is 2.14. The summed E-state index contributed by atoms with van der Waals surface area (Å²) >= 11 is 0. The number of nitrogens with two attached hydrogens (primary N) is 1. The molecule has 1 aromatic carbocycles. The van der Waals surface area contributed by atoms with E-state index in [1.165, 1.54) is 5.56 Å². The van der Waals surface area contributed by atoms with Gasteiger partial charge in [0.2, 0.25) is 0 Å². The van der Waals surface area contributed by atoms with Crippen LogP contribution in [0, 0.1) is 0 Å². The Kier molecular flexibility index (Phi) is 7.18. The lowest BCUT2D eigenvalue weighted by Crippen LogP contribution is -2.05. The van der Waals surface area contributed by atoms with E-state index in [1.807, 2.05) is 26.0 Å². The Morgan fingerprint density at radius 1 is 1.20 bits per heavy atom. The molecule has 86 valence electrons. The van der Waals surface area contributed by atoms with Gasteiger partial charge in [0.05, 0.1) is 6.10 Å². The van der Waals surface area contributed by atoms with Gasteiger partial charge in [-0.3, -0.25) is 0 Å². The zero-order chi connectivity index (χ0) is 10.4. The maximum absolute atomic E-state index is 5.55. The topological polar surface area (TPSA) is 35.2 Å². The van der Waals surface area contributed by atoms with Crippen LogP contribution in [-0.2, 0) is 6.42 Å². The van der Waals surface area contributed by atoms with E-state index in [0.717, 1.165) is 25.1 Å². The van der Waals surface area contributed by atoms with Crippen molar-refractivity contribution >= 4 is 12.4 Å². The van der Waals surface area contributed by atoms with E-state index < -0.39 is 0 Å². The third-order valence-corrected chi connectivity index (χ3v) is 1.96. The molecule has 0 bridgehead atoms. The Bertz CT molecular complexity index is 259. The SMILES string of the molecule is CC(C)Oc1ccc(CCCN)cc1.Cl. The van der Waals surface area contributed by atoms with Crippen LogP contribution < -0.4 is 10.5 Å². The van der Waals surface area contributed by atoms with E-state index in [9.17, 15) is 0 Å². The van der Waals surface area contributed by atoms with Crippen LogP contribution in [0.15, 0.2) is 24.3 Å². The predicted molar refractivity (Wildman–Crippen MR) is 66.8 cm³/mol. The first kappa shape index (κ1) is 14.3. The normalized spacial score (nSPS) is 9.87. The number of ether oxygens (including phenoxy) is 1. The van der Waals surface area contributed by atoms with Crippen molar-refractivity contribution in [2.45, 2.75) is 32.8 Å². The fraction of sp³-hybridized carbons (Fsp3) is 0.500. The Morgan fingerprint density at radius 3 is 2.27 bits per heavy atom. The van der Waals surface area contributed by atoms with E-state index in [1.54, 1.807) is 0 Å². The molecule has 0 aliphatic rings. The second kappa shape index (κ2) is 7.55. The average molecular weight is 230 g/mol. The average Bonchev–Trinajstić information content (AvgIpc) is 2.16. The molecule has 0 radical (unpaired) electrons. The van der Waals surface area contributed by atoms with Gasteiger partial charge in [-0.25, -0.2) is 0 Å². The summed E-state index contributed by atoms with van der Waals surface area (Å²) in [5, 5.41) is 0. The van der Waals surface area contributed by atoms with Gasteiger partial charge in [0.15, 0.2) is 0 Å². The van der Waals surface area contributed by atoms with Gasteiger partial charge >= 0.3 is 0 Å². The van der Waals surface area contributed by atoms with Gasteiger partial charge in [-0.1, -0.05) is 12.1 Å². The second-order valence-corrected chi connectivity index (χ2v) is 3.70. The minimum atomic E-state index is 0. The van der Waals surface area contributed by atoms with Crippen LogP contribution >= 0.6 is 12.4 Å². The maximum Gasteiger partial charge on any atom is 0.119 e. The van der Waals surface area contributed by atoms with Crippen LogP contribution in [-0.4, -0.2) is 12.6 Å². The highest BCUT2D eigenvalue weighted by atomic mass is 35.5. The first-order chi connectivity index (χ1) is 6.72. The van der Waals surface area contributed by atoms with Gasteiger partial charge in [0.25, 0.3) is 0 Å². The fourth-order valence-electron chi connectivity index (χ4n) is 1.31. The van der Waals surface area contributed by atoms with Crippen molar-refractivity contribution in [3.05, 3.63) is 29.8 Å². The van der Waals surface area contributed by atoms with Gasteiger partial charge in [-0.2, -0.15) is 0 Å². The van der Waals surface area contributed by atoms with Crippen molar-refractivity contribution in [3.8, 4) is 5.75 Å². The summed E-state index contributed by atoms with van der Waals surface area (Å²) in [6.07, 6.45) is 2.34. The van der Waals surface area contributed by atoms with E-state index in [-0.39, 0.29) is 18.5 Å². The molecule has 0 amide bonds. The summed E-state index contributed by atoms with van der Waals surface area (Å²) in [4.78, 5) is 0. The summed E-state index contributed by atoms with van der Waals surface area (Å²) < 4.78 is 5.55. The van der Waals surface area contributed by atoms with Crippen molar-refractivity contribution in [3.63, 3.8) is 0 Å². The number of benzene rings is 1. The van der Waals surface area contributed by atoms with E-state index >= 15 is 0 Å². The largest absolute Gasteiger partial charge is 0.491 e. The first-order valence-electron chi connectivity index (χ1n) is 5.18. The summed E-state index contributed by atoms with van der Waals surface area (Å²) in [5.74, 6) is 0.941. The lowest BCUT2D eigenvalue weighted by atomic mass is 10.1. The molecule has 0 heterocycles. The molecule has 0 aliphatic carbocycles. The molecule has 15 heavy (non-hydrogen) atoms. The van der Waals surface area contributed by atoms with Crippen molar-refractivity contribution in [2.24, 2.45) is 5.73 Å². The lowest BCUT2D eigenvalue weighted by molar-refractivity contribution is 0.242. The van der Waals surface area contributed by atoms with Crippen molar-refractivity contribution in [2.75, 3.05) is 6.54 Å². The smallest absolute Gasteiger partial charge is 0.119 e. The molecule has 1 aromatic rings. The number of hydrogen-bond acceptors (Lipinski definition) is 2. The predicted octanol–water partition coefficient (Wildman–Crippen LogP) is 2.79. The molecule has 0 aliphatic heterocycles. The second-order valence-electron chi connectivity index (χ2n) is 3.70.